The standard InChI is InChI=1S/C17H23Cl2N3O3S/c1-12(13-2-3-13)20-17(23)11-21-6-8-22(9-7-21)26(24,25)16-10-14(18)4-5-15(16)19/h4-5,10,12-13H,2-3,6-9,11H2,1H3,(H,20,23)/p+1/t12-/m0/s1. The van der Waals surface area contributed by atoms with Crippen molar-refractivity contribution in [1.29, 1.82) is 0 Å². The van der Waals surface area contributed by atoms with Crippen molar-refractivity contribution >= 4 is 39.1 Å². The average Bonchev–Trinajstić information content (AvgIpc) is 3.42. The number of nitrogens with one attached hydrogen (secondary N) is 2. The van der Waals surface area contributed by atoms with Gasteiger partial charge in [-0.15, -0.1) is 0 Å². The van der Waals surface area contributed by atoms with Crippen LogP contribution in [-0.4, -0.2) is 57.4 Å². The maximum Gasteiger partial charge on any atom is 0.275 e. The normalized spacial score (nSPS) is 20.7. The van der Waals surface area contributed by atoms with Crippen LogP contribution in [0.5, 0.6) is 0 Å². The molecule has 0 radical (unpaired) electrons. The predicted octanol–water partition coefficient (Wildman–Crippen LogP) is 0.797. The molecule has 0 aromatic heterocycles. The van der Waals surface area contributed by atoms with E-state index in [1.807, 2.05) is 6.92 Å². The number of carbonyl (C=O) groups excluding carboxylic acids is 1. The molecule has 6 nitrogen and oxygen atoms in total. The number of piperazine rings is 1. The minimum Gasteiger partial charge on any atom is -0.348 e. The molecule has 1 saturated heterocycles. The Morgan fingerprint density at radius 2 is 1.96 bits per heavy atom. The number of carbonyl (C=O) groups is 1. The molecular weight excluding hydrogens is 397 g/mol. The van der Waals surface area contributed by atoms with E-state index in [0.717, 1.165) is 4.90 Å². The summed E-state index contributed by atoms with van der Waals surface area (Å²) in [6, 6.07) is 4.66. The zero-order chi connectivity index (χ0) is 18.9. The van der Waals surface area contributed by atoms with Crippen molar-refractivity contribution in [2.24, 2.45) is 5.92 Å². The molecule has 0 unspecified atom stereocenters. The topological polar surface area (TPSA) is 70.9 Å². The minimum atomic E-state index is -3.69. The van der Waals surface area contributed by atoms with E-state index in [1.54, 1.807) is 6.07 Å². The first kappa shape index (κ1) is 19.9. The number of benzene rings is 1. The predicted molar refractivity (Wildman–Crippen MR) is 101 cm³/mol. The molecule has 1 saturated carbocycles. The quantitative estimate of drug-likeness (QED) is 0.714. The van der Waals surface area contributed by atoms with E-state index >= 15 is 0 Å². The largest absolute Gasteiger partial charge is 0.348 e. The fraction of sp³-hybridized carbons (Fsp3) is 0.588. The van der Waals surface area contributed by atoms with Crippen molar-refractivity contribution in [3.8, 4) is 0 Å². The molecule has 1 aliphatic heterocycles. The van der Waals surface area contributed by atoms with Gasteiger partial charge in [-0.05, 0) is 43.9 Å². The summed E-state index contributed by atoms with van der Waals surface area (Å²) in [6.07, 6.45) is 2.38. The Labute approximate surface area is 164 Å². The van der Waals surface area contributed by atoms with Gasteiger partial charge in [-0.25, -0.2) is 8.42 Å². The fourth-order valence-electron chi connectivity index (χ4n) is 3.28. The summed E-state index contributed by atoms with van der Waals surface area (Å²) in [5.41, 5.74) is 0. The van der Waals surface area contributed by atoms with Crippen LogP contribution in [0.3, 0.4) is 0 Å². The molecule has 1 atom stereocenters. The Kier molecular flexibility index (Phi) is 6.14. The lowest BCUT2D eigenvalue weighted by molar-refractivity contribution is -0.895. The number of amides is 1. The monoisotopic (exact) mass is 420 g/mol. The molecule has 2 fully saturated rings. The molecule has 9 heteroatoms. The second-order valence-corrected chi connectivity index (χ2v) is 9.85. The van der Waals surface area contributed by atoms with Crippen molar-refractivity contribution in [3.05, 3.63) is 28.2 Å². The van der Waals surface area contributed by atoms with E-state index in [0.29, 0.717) is 43.7 Å². The zero-order valence-electron chi connectivity index (χ0n) is 14.7. The molecule has 1 amide bonds. The van der Waals surface area contributed by atoms with Gasteiger partial charge in [-0.1, -0.05) is 23.2 Å². The van der Waals surface area contributed by atoms with Crippen LogP contribution in [-0.2, 0) is 14.8 Å². The molecule has 2 aliphatic rings. The molecule has 26 heavy (non-hydrogen) atoms. The van der Waals surface area contributed by atoms with E-state index < -0.39 is 10.0 Å². The van der Waals surface area contributed by atoms with Crippen molar-refractivity contribution < 1.29 is 18.1 Å². The lowest BCUT2D eigenvalue weighted by Gasteiger charge is -2.31. The summed E-state index contributed by atoms with van der Waals surface area (Å²) >= 11 is 12.0. The Hall–Kier alpha value is -0.860. The number of quaternary nitrogens is 1. The Balaban J connectivity index is 1.55. The maximum absolute atomic E-state index is 12.8. The van der Waals surface area contributed by atoms with Crippen molar-refractivity contribution in [2.45, 2.75) is 30.7 Å². The summed E-state index contributed by atoms with van der Waals surface area (Å²) in [5.74, 6) is 0.659. The number of rotatable bonds is 6. The van der Waals surface area contributed by atoms with Crippen LogP contribution in [0.2, 0.25) is 10.0 Å². The molecule has 2 N–H and O–H groups in total. The third-order valence-electron chi connectivity index (χ3n) is 5.07. The number of nitrogens with zero attached hydrogens (tertiary/aromatic N) is 1. The Morgan fingerprint density at radius 3 is 2.58 bits per heavy atom. The second-order valence-electron chi connectivity index (χ2n) is 7.10. The van der Waals surface area contributed by atoms with Crippen LogP contribution in [0.25, 0.3) is 0 Å². The van der Waals surface area contributed by atoms with Crippen molar-refractivity contribution in [1.82, 2.24) is 9.62 Å². The smallest absolute Gasteiger partial charge is 0.275 e. The number of hydrogen-bond donors (Lipinski definition) is 2. The minimum absolute atomic E-state index is 0.0334. The molecule has 1 heterocycles. The van der Waals surface area contributed by atoms with E-state index in [1.165, 1.54) is 29.3 Å². The summed E-state index contributed by atoms with van der Waals surface area (Å²) in [6.45, 7) is 4.30. The average molecular weight is 421 g/mol. The summed E-state index contributed by atoms with van der Waals surface area (Å²) in [4.78, 5) is 13.3. The van der Waals surface area contributed by atoms with Crippen LogP contribution in [0, 0.1) is 5.92 Å². The van der Waals surface area contributed by atoms with Gasteiger partial charge in [-0.3, -0.25) is 4.79 Å². The first-order chi connectivity index (χ1) is 12.3. The van der Waals surface area contributed by atoms with E-state index in [-0.39, 0.29) is 21.9 Å². The molecule has 0 bridgehead atoms. The number of halogens is 2. The van der Waals surface area contributed by atoms with E-state index in [4.69, 9.17) is 23.2 Å². The van der Waals surface area contributed by atoms with E-state index in [2.05, 4.69) is 5.32 Å². The fourth-order valence-corrected chi connectivity index (χ4v) is 5.46. The van der Waals surface area contributed by atoms with Crippen LogP contribution < -0.4 is 10.2 Å². The van der Waals surface area contributed by atoms with Gasteiger partial charge in [0.1, 0.15) is 4.90 Å². The molecule has 1 aliphatic carbocycles. The highest BCUT2D eigenvalue weighted by molar-refractivity contribution is 7.89. The van der Waals surface area contributed by atoms with Gasteiger partial charge in [-0.2, -0.15) is 4.31 Å². The molecule has 0 spiro atoms. The number of sulfonamides is 1. The summed E-state index contributed by atoms with van der Waals surface area (Å²) < 4.78 is 27.0. The van der Waals surface area contributed by atoms with Gasteiger partial charge in [0, 0.05) is 11.1 Å². The molecule has 1 aromatic rings. The summed E-state index contributed by atoms with van der Waals surface area (Å²) in [5, 5.41) is 3.54. The second kappa shape index (κ2) is 8.02. The first-order valence-corrected chi connectivity index (χ1v) is 11.0. The zero-order valence-corrected chi connectivity index (χ0v) is 17.0. The van der Waals surface area contributed by atoms with Crippen molar-refractivity contribution in [3.63, 3.8) is 0 Å². The third kappa shape index (κ3) is 4.70. The van der Waals surface area contributed by atoms with Crippen LogP contribution in [0.1, 0.15) is 19.8 Å². The third-order valence-corrected chi connectivity index (χ3v) is 7.68. The van der Waals surface area contributed by atoms with Crippen molar-refractivity contribution in [2.75, 3.05) is 32.7 Å². The molecule has 1 aromatic carbocycles. The highest BCUT2D eigenvalue weighted by Gasteiger charge is 2.33. The van der Waals surface area contributed by atoms with Gasteiger partial charge in [0.15, 0.2) is 6.54 Å². The Bertz CT molecular complexity index is 775. The van der Waals surface area contributed by atoms with Gasteiger partial charge < -0.3 is 10.2 Å². The highest BCUT2D eigenvalue weighted by Crippen LogP contribution is 2.32. The SMILES string of the molecule is C[C@H](NC(=O)C[NH+]1CCN(S(=O)(=O)c2cc(Cl)ccc2Cl)CC1)C1CC1. The summed E-state index contributed by atoms with van der Waals surface area (Å²) in [7, 11) is -3.69. The maximum atomic E-state index is 12.8. The van der Waals surface area contributed by atoms with Gasteiger partial charge in [0.05, 0.1) is 31.2 Å². The molecule has 3 rings (SSSR count). The lowest BCUT2D eigenvalue weighted by atomic mass is 10.2. The first-order valence-electron chi connectivity index (χ1n) is 8.85. The molecular formula is C17H24Cl2N3O3S+. The van der Waals surface area contributed by atoms with Gasteiger partial charge in [0.2, 0.25) is 10.0 Å². The van der Waals surface area contributed by atoms with Crippen LogP contribution in [0.15, 0.2) is 23.1 Å². The van der Waals surface area contributed by atoms with Gasteiger partial charge >= 0.3 is 0 Å². The van der Waals surface area contributed by atoms with Gasteiger partial charge in [0.25, 0.3) is 5.91 Å². The highest BCUT2D eigenvalue weighted by atomic mass is 35.5. The Morgan fingerprint density at radius 1 is 1.31 bits per heavy atom. The lowest BCUT2D eigenvalue weighted by Crippen LogP contribution is -3.15. The van der Waals surface area contributed by atoms with Crippen LogP contribution >= 0.6 is 23.2 Å². The number of hydrogen-bond acceptors (Lipinski definition) is 3. The van der Waals surface area contributed by atoms with E-state index in [9.17, 15) is 13.2 Å². The van der Waals surface area contributed by atoms with Crippen LogP contribution in [0.4, 0.5) is 0 Å². The molecule has 144 valence electrons.